The Morgan fingerprint density at radius 1 is 1.15 bits per heavy atom. The summed E-state index contributed by atoms with van der Waals surface area (Å²) < 4.78 is 0. The fraction of sp³-hybridized carbons (Fsp3) is 0.421. The van der Waals surface area contributed by atoms with Crippen molar-refractivity contribution in [1.29, 1.82) is 0 Å². The molecule has 144 valence electrons. The number of nitrogens with one attached hydrogen (secondary N) is 2. The molecule has 3 aromatic rings. The summed E-state index contributed by atoms with van der Waals surface area (Å²) in [7, 11) is 1.80. The highest BCUT2D eigenvalue weighted by Crippen LogP contribution is 2.29. The molecule has 0 amide bonds. The zero-order valence-corrected chi connectivity index (χ0v) is 18.5. The van der Waals surface area contributed by atoms with Crippen molar-refractivity contribution in [3.05, 3.63) is 43.5 Å². The Hall–Kier alpha value is -1.77. The monoisotopic (exact) mass is 419 g/mol. The summed E-state index contributed by atoms with van der Waals surface area (Å²) in [5.41, 5.74) is 2.24. The Morgan fingerprint density at radius 3 is 2.67 bits per heavy atom. The standard InChI is InChI=1S/C19H25N5S3/c1-12(2)15-10-26-18(24-15)9-22-19(20-4)21-8-7-14-5-6-17(27-14)16-11-25-13(3)23-16/h5-6,10-12H,7-9H2,1-4H3,(H2,20,21,22). The first-order chi connectivity index (χ1) is 13.0. The fourth-order valence-corrected chi connectivity index (χ4v) is 5.03. The lowest BCUT2D eigenvalue weighted by molar-refractivity contribution is 0.781. The van der Waals surface area contributed by atoms with Gasteiger partial charge in [-0.25, -0.2) is 9.97 Å². The van der Waals surface area contributed by atoms with Gasteiger partial charge in [0.15, 0.2) is 5.96 Å². The van der Waals surface area contributed by atoms with Crippen molar-refractivity contribution in [2.24, 2.45) is 4.99 Å². The number of aliphatic imine (C=N–C) groups is 1. The van der Waals surface area contributed by atoms with Crippen LogP contribution in [0.2, 0.25) is 0 Å². The maximum absolute atomic E-state index is 4.65. The van der Waals surface area contributed by atoms with Crippen molar-refractivity contribution in [2.75, 3.05) is 13.6 Å². The van der Waals surface area contributed by atoms with Crippen LogP contribution < -0.4 is 10.6 Å². The average Bonchev–Trinajstić information content (AvgIpc) is 3.38. The van der Waals surface area contributed by atoms with Crippen LogP contribution in [-0.4, -0.2) is 29.5 Å². The molecule has 0 aliphatic heterocycles. The first-order valence-corrected chi connectivity index (χ1v) is 11.5. The Kier molecular flexibility index (Phi) is 6.98. The van der Waals surface area contributed by atoms with Gasteiger partial charge in [0.05, 0.1) is 27.8 Å². The Labute approximate surface area is 172 Å². The molecule has 0 spiro atoms. The predicted molar refractivity (Wildman–Crippen MR) is 118 cm³/mol. The van der Waals surface area contributed by atoms with Crippen LogP contribution in [0.4, 0.5) is 0 Å². The molecule has 3 aromatic heterocycles. The van der Waals surface area contributed by atoms with E-state index in [0.717, 1.165) is 40.3 Å². The third-order valence-electron chi connectivity index (χ3n) is 3.99. The molecule has 2 N–H and O–H groups in total. The van der Waals surface area contributed by atoms with Crippen LogP contribution in [0.5, 0.6) is 0 Å². The molecule has 0 aromatic carbocycles. The fourth-order valence-electron chi connectivity index (χ4n) is 2.48. The van der Waals surface area contributed by atoms with Crippen molar-refractivity contribution in [2.45, 2.75) is 39.7 Å². The van der Waals surface area contributed by atoms with Crippen LogP contribution in [0.3, 0.4) is 0 Å². The van der Waals surface area contributed by atoms with Crippen molar-refractivity contribution >= 4 is 40.0 Å². The highest BCUT2D eigenvalue weighted by molar-refractivity contribution is 7.16. The Balaban J connectivity index is 1.45. The number of hydrogen-bond acceptors (Lipinski definition) is 6. The molecule has 0 aliphatic carbocycles. The van der Waals surface area contributed by atoms with Gasteiger partial charge in [-0.2, -0.15) is 0 Å². The molecule has 0 unspecified atom stereocenters. The van der Waals surface area contributed by atoms with Crippen molar-refractivity contribution in [1.82, 2.24) is 20.6 Å². The maximum Gasteiger partial charge on any atom is 0.191 e. The van der Waals surface area contributed by atoms with Crippen LogP contribution in [0.25, 0.3) is 10.6 Å². The summed E-state index contributed by atoms with van der Waals surface area (Å²) in [6.07, 6.45) is 0.962. The minimum atomic E-state index is 0.469. The normalized spacial score (nSPS) is 12.0. The first-order valence-electron chi connectivity index (χ1n) is 8.95. The van der Waals surface area contributed by atoms with Gasteiger partial charge in [-0.3, -0.25) is 4.99 Å². The lowest BCUT2D eigenvalue weighted by Crippen LogP contribution is -2.37. The molecule has 0 atom stereocenters. The van der Waals surface area contributed by atoms with Crippen LogP contribution >= 0.6 is 34.0 Å². The molecule has 8 heteroatoms. The molecule has 0 radical (unpaired) electrons. The van der Waals surface area contributed by atoms with E-state index in [1.54, 1.807) is 29.7 Å². The Morgan fingerprint density at radius 2 is 2.00 bits per heavy atom. The lowest BCUT2D eigenvalue weighted by atomic mass is 10.2. The van der Waals surface area contributed by atoms with Gasteiger partial charge in [0.25, 0.3) is 0 Å². The van der Waals surface area contributed by atoms with Crippen molar-refractivity contribution in [3.63, 3.8) is 0 Å². The minimum absolute atomic E-state index is 0.469. The summed E-state index contributed by atoms with van der Waals surface area (Å²) in [5.74, 6) is 1.28. The quantitative estimate of drug-likeness (QED) is 0.432. The molecule has 3 heterocycles. The molecule has 0 fully saturated rings. The van der Waals surface area contributed by atoms with Gasteiger partial charge in [0, 0.05) is 29.2 Å². The number of nitrogens with zero attached hydrogens (tertiary/aromatic N) is 3. The SMILES string of the molecule is CN=C(NCCc1ccc(-c2csc(C)n2)s1)NCc1nc(C(C)C)cs1. The van der Waals surface area contributed by atoms with Gasteiger partial charge in [0.2, 0.25) is 0 Å². The summed E-state index contributed by atoms with van der Waals surface area (Å²) in [4.78, 5) is 16.1. The molecular formula is C19H25N5S3. The number of aryl methyl sites for hydroxylation is 1. The first kappa shape index (κ1) is 20.0. The zero-order chi connectivity index (χ0) is 19.2. The van der Waals surface area contributed by atoms with E-state index in [0.29, 0.717) is 12.5 Å². The Bertz CT molecular complexity index is 891. The molecule has 5 nitrogen and oxygen atoms in total. The second kappa shape index (κ2) is 9.43. The van der Waals surface area contributed by atoms with E-state index in [4.69, 9.17) is 0 Å². The second-order valence-corrected chi connectivity index (χ2v) is 9.61. The van der Waals surface area contributed by atoms with Crippen molar-refractivity contribution in [3.8, 4) is 10.6 Å². The van der Waals surface area contributed by atoms with E-state index < -0.39 is 0 Å². The van der Waals surface area contributed by atoms with Gasteiger partial charge in [-0.15, -0.1) is 34.0 Å². The topological polar surface area (TPSA) is 62.2 Å². The highest BCUT2D eigenvalue weighted by Gasteiger charge is 2.08. The number of aromatic nitrogens is 2. The minimum Gasteiger partial charge on any atom is -0.356 e. The van der Waals surface area contributed by atoms with E-state index in [1.807, 2.05) is 18.3 Å². The lowest BCUT2D eigenvalue weighted by Gasteiger charge is -2.10. The molecule has 0 bridgehead atoms. The summed E-state index contributed by atoms with van der Waals surface area (Å²) in [5, 5.41) is 13.2. The van der Waals surface area contributed by atoms with E-state index in [9.17, 15) is 0 Å². The van der Waals surface area contributed by atoms with Crippen molar-refractivity contribution < 1.29 is 0 Å². The summed E-state index contributed by atoms with van der Waals surface area (Å²) in [6.45, 7) is 7.91. The van der Waals surface area contributed by atoms with Gasteiger partial charge >= 0.3 is 0 Å². The zero-order valence-electron chi connectivity index (χ0n) is 16.1. The summed E-state index contributed by atoms with van der Waals surface area (Å²) >= 11 is 5.20. The molecular weight excluding hydrogens is 394 g/mol. The highest BCUT2D eigenvalue weighted by atomic mass is 32.1. The smallest absolute Gasteiger partial charge is 0.191 e. The number of rotatable bonds is 7. The third kappa shape index (κ3) is 5.60. The van der Waals surface area contributed by atoms with Crippen LogP contribution in [0.15, 0.2) is 27.9 Å². The molecule has 0 saturated heterocycles. The number of thiazole rings is 2. The van der Waals surface area contributed by atoms with Crippen LogP contribution in [0.1, 0.15) is 40.4 Å². The maximum atomic E-state index is 4.65. The number of hydrogen-bond donors (Lipinski definition) is 2. The van der Waals surface area contributed by atoms with Gasteiger partial charge in [-0.1, -0.05) is 13.8 Å². The van der Waals surface area contributed by atoms with E-state index in [2.05, 4.69) is 62.3 Å². The molecule has 3 rings (SSSR count). The summed E-state index contributed by atoms with van der Waals surface area (Å²) in [6, 6.07) is 4.35. The second-order valence-electron chi connectivity index (χ2n) is 6.44. The van der Waals surface area contributed by atoms with Crippen LogP contribution in [0, 0.1) is 6.92 Å². The molecule has 0 aliphatic rings. The molecule has 0 saturated carbocycles. The third-order valence-corrected chi connectivity index (χ3v) is 6.80. The molecule has 27 heavy (non-hydrogen) atoms. The number of thiophene rings is 1. The largest absolute Gasteiger partial charge is 0.356 e. The van der Waals surface area contributed by atoms with Gasteiger partial charge < -0.3 is 10.6 Å². The van der Waals surface area contributed by atoms with Gasteiger partial charge in [0.1, 0.15) is 5.01 Å². The van der Waals surface area contributed by atoms with Crippen LogP contribution in [-0.2, 0) is 13.0 Å². The van der Waals surface area contributed by atoms with Gasteiger partial charge in [-0.05, 0) is 31.4 Å². The van der Waals surface area contributed by atoms with E-state index >= 15 is 0 Å². The van der Waals surface area contributed by atoms with E-state index in [1.165, 1.54) is 9.75 Å². The number of guanidine groups is 1. The predicted octanol–water partition coefficient (Wildman–Crippen LogP) is 4.67. The average molecular weight is 420 g/mol. The van der Waals surface area contributed by atoms with E-state index in [-0.39, 0.29) is 0 Å².